The molecule has 0 aromatic rings. The van der Waals surface area contributed by atoms with Crippen LogP contribution in [0.5, 0.6) is 0 Å². The van der Waals surface area contributed by atoms with Gasteiger partial charge in [-0.1, -0.05) is 33.1 Å². The van der Waals surface area contributed by atoms with E-state index in [0.29, 0.717) is 44.7 Å². The van der Waals surface area contributed by atoms with Crippen LogP contribution in [0.15, 0.2) is 0 Å². The van der Waals surface area contributed by atoms with E-state index in [9.17, 15) is 24.0 Å². The molecular formula is C26H42N4O6S. The van der Waals surface area contributed by atoms with Crippen molar-refractivity contribution in [1.29, 1.82) is 0 Å². The highest BCUT2D eigenvalue weighted by Gasteiger charge is 2.35. The number of ether oxygens (including phenoxy) is 1. The zero-order valence-electron chi connectivity index (χ0n) is 22.0. The molecule has 0 bridgehead atoms. The smallest absolute Gasteiger partial charge is 0.407 e. The molecule has 37 heavy (non-hydrogen) atoms. The molecule has 1 aliphatic carbocycles. The van der Waals surface area contributed by atoms with Crippen molar-refractivity contribution in [2.45, 2.75) is 96.2 Å². The molecule has 4 atom stereocenters. The molecule has 3 N–H and O–H groups in total. The second-order valence-corrected chi connectivity index (χ2v) is 11.5. The zero-order chi connectivity index (χ0) is 26.9. The summed E-state index contributed by atoms with van der Waals surface area (Å²) < 4.78 is 5.47. The second kappa shape index (κ2) is 14.0. The summed E-state index contributed by atoms with van der Waals surface area (Å²) in [5.41, 5.74) is 0. The molecule has 3 rings (SSSR count). The van der Waals surface area contributed by atoms with Gasteiger partial charge < -0.3 is 25.6 Å². The largest absolute Gasteiger partial charge is 0.447 e. The number of amides is 4. The standard InChI is InChI=1S/C26H42N4O6S/c1-16(2)12-20(24(33)28-21(25(34)37)13-18-10-11-27-23(18)32)29-26(35)36-15-19-8-9-22(31)30(19)14-17-6-4-3-5-7-17/h16-21H,3-15H2,1-2H3,(H,27,32)(H,28,33)(H,29,35)(H,34,37)/t18-,19-,20-,21-/m0/s1. The fraction of sp³-hybridized carbons (Fsp3) is 0.808. The summed E-state index contributed by atoms with van der Waals surface area (Å²) in [6, 6.07) is -2.00. The Kier molecular flexibility index (Phi) is 11.1. The maximum Gasteiger partial charge on any atom is 0.407 e. The molecule has 10 nitrogen and oxygen atoms in total. The lowest BCUT2D eigenvalue weighted by Crippen LogP contribution is -2.52. The van der Waals surface area contributed by atoms with Crippen molar-refractivity contribution in [2.24, 2.45) is 17.8 Å². The van der Waals surface area contributed by atoms with Crippen LogP contribution in [0.2, 0.25) is 0 Å². The van der Waals surface area contributed by atoms with Crippen molar-refractivity contribution in [1.82, 2.24) is 20.9 Å². The van der Waals surface area contributed by atoms with E-state index in [0.717, 1.165) is 12.8 Å². The maximum absolute atomic E-state index is 13.0. The molecule has 2 saturated heterocycles. The predicted octanol–water partition coefficient (Wildman–Crippen LogP) is 2.17. The molecule has 2 aliphatic heterocycles. The molecule has 1 saturated carbocycles. The summed E-state index contributed by atoms with van der Waals surface area (Å²) in [5.74, 6) is -0.337. The molecule has 2 heterocycles. The highest BCUT2D eigenvalue weighted by Crippen LogP contribution is 2.28. The molecule has 0 aromatic heterocycles. The Bertz CT molecular complexity index is 847. The average molecular weight is 539 g/mol. The minimum atomic E-state index is -0.935. The van der Waals surface area contributed by atoms with Crippen LogP contribution in [0, 0.1) is 17.8 Å². The number of hydrogen-bond donors (Lipinski definition) is 4. The van der Waals surface area contributed by atoms with Crippen LogP contribution in [0.3, 0.4) is 0 Å². The van der Waals surface area contributed by atoms with Gasteiger partial charge in [0.15, 0.2) is 0 Å². The topological polar surface area (TPSA) is 134 Å². The van der Waals surface area contributed by atoms with Crippen LogP contribution in [-0.4, -0.2) is 71.7 Å². The number of alkyl carbamates (subject to hydrolysis) is 1. The van der Waals surface area contributed by atoms with Gasteiger partial charge in [0.05, 0.1) is 12.1 Å². The quantitative estimate of drug-likeness (QED) is 0.282. The van der Waals surface area contributed by atoms with Crippen LogP contribution in [0.1, 0.15) is 78.1 Å². The Morgan fingerprint density at radius 2 is 1.78 bits per heavy atom. The van der Waals surface area contributed by atoms with Gasteiger partial charge in [-0.15, -0.1) is 12.6 Å². The molecule has 4 amide bonds. The lowest BCUT2D eigenvalue weighted by molar-refractivity contribution is -0.130. The second-order valence-electron chi connectivity index (χ2n) is 11.1. The first kappa shape index (κ1) is 29.3. The SMILES string of the molecule is CC(C)C[C@H](NC(=O)OC[C@@H]1CCC(=O)N1CC1CCCCC1)C(=O)N[C@@H](C[C@@H]1CCNC1=O)C(=O)S. The van der Waals surface area contributed by atoms with Gasteiger partial charge in [-0.3, -0.25) is 19.2 Å². The van der Waals surface area contributed by atoms with Gasteiger partial charge in [-0.2, -0.15) is 0 Å². The number of nitrogens with zero attached hydrogens (tertiary/aromatic N) is 1. The first-order valence-corrected chi connectivity index (χ1v) is 14.1. The minimum absolute atomic E-state index is 0.0782. The normalized spacial score (nSPS) is 24.1. The fourth-order valence-corrected chi connectivity index (χ4v) is 5.74. The van der Waals surface area contributed by atoms with E-state index in [4.69, 9.17) is 4.74 Å². The summed E-state index contributed by atoms with van der Waals surface area (Å²) in [5, 5.41) is 7.48. The van der Waals surface area contributed by atoms with Crippen molar-refractivity contribution in [2.75, 3.05) is 19.7 Å². The van der Waals surface area contributed by atoms with Crippen molar-refractivity contribution < 1.29 is 28.7 Å². The van der Waals surface area contributed by atoms with Crippen LogP contribution >= 0.6 is 12.6 Å². The lowest BCUT2D eigenvalue weighted by atomic mass is 9.89. The van der Waals surface area contributed by atoms with Crippen molar-refractivity contribution in [3.8, 4) is 0 Å². The van der Waals surface area contributed by atoms with E-state index < -0.39 is 29.2 Å². The number of rotatable bonds is 12. The molecule has 3 fully saturated rings. The lowest BCUT2D eigenvalue weighted by Gasteiger charge is -2.31. The van der Waals surface area contributed by atoms with Gasteiger partial charge in [0.1, 0.15) is 12.6 Å². The van der Waals surface area contributed by atoms with Gasteiger partial charge in [0.2, 0.25) is 22.8 Å². The molecule has 0 spiro atoms. The third-order valence-corrected chi connectivity index (χ3v) is 7.96. The summed E-state index contributed by atoms with van der Waals surface area (Å²) in [6.07, 6.45) is 7.37. The van der Waals surface area contributed by atoms with Crippen LogP contribution in [0.4, 0.5) is 4.79 Å². The summed E-state index contributed by atoms with van der Waals surface area (Å²) >= 11 is 3.89. The Morgan fingerprint density at radius 1 is 1.05 bits per heavy atom. The van der Waals surface area contributed by atoms with Gasteiger partial charge in [0, 0.05) is 25.4 Å². The van der Waals surface area contributed by atoms with Gasteiger partial charge in [-0.25, -0.2) is 4.79 Å². The highest BCUT2D eigenvalue weighted by molar-refractivity contribution is 7.96. The van der Waals surface area contributed by atoms with E-state index in [2.05, 4.69) is 28.6 Å². The minimum Gasteiger partial charge on any atom is -0.447 e. The molecular weight excluding hydrogens is 496 g/mol. The maximum atomic E-state index is 13.0. The number of nitrogens with one attached hydrogen (secondary N) is 3. The summed E-state index contributed by atoms with van der Waals surface area (Å²) in [4.78, 5) is 64.0. The third-order valence-electron chi connectivity index (χ3n) is 7.65. The van der Waals surface area contributed by atoms with Crippen molar-refractivity contribution in [3.63, 3.8) is 0 Å². The van der Waals surface area contributed by atoms with Gasteiger partial charge in [0.25, 0.3) is 0 Å². The van der Waals surface area contributed by atoms with E-state index in [1.807, 2.05) is 18.7 Å². The number of thiol groups is 1. The Hall–Kier alpha value is -2.30. The fourth-order valence-electron chi connectivity index (χ4n) is 5.57. The van der Waals surface area contributed by atoms with E-state index in [-0.39, 0.29) is 42.7 Å². The number of likely N-dealkylation sites (tertiary alicyclic amines) is 1. The van der Waals surface area contributed by atoms with Crippen LogP contribution in [-0.2, 0) is 23.9 Å². The number of carbonyl (C=O) groups is 5. The molecule has 0 radical (unpaired) electrons. The Balaban J connectivity index is 1.53. The number of hydrogen-bond acceptors (Lipinski definition) is 6. The summed E-state index contributed by atoms with van der Waals surface area (Å²) in [6.45, 7) is 5.17. The monoisotopic (exact) mass is 538 g/mol. The van der Waals surface area contributed by atoms with E-state index in [1.165, 1.54) is 19.3 Å². The van der Waals surface area contributed by atoms with Crippen LogP contribution in [0.25, 0.3) is 0 Å². The third kappa shape index (κ3) is 8.90. The molecule has 0 unspecified atom stereocenters. The highest BCUT2D eigenvalue weighted by atomic mass is 32.1. The zero-order valence-corrected chi connectivity index (χ0v) is 22.9. The molecule has 0 aromatic carbocycles. The Labute approximate surface area is 224 Å². The van der Waals surface area contributed by atoms with Crippen molar-refractivity contribution in [3.05, 3.63) is 0 Å². The van der Waals surface area contributed by atoms with Crippen molar-refractivity contribution >= 4 is 41.6 Å². The molecule has 208 valence electrons. The van der Waals surface area contributed by atoms with Gasteiger partial charge in [-0.05, 0) is 50.4 Å². The Morgan fingerprint density at radius 3 is 2.41 bits per heavy atom. The van der Waals surface area contributed by atoms with E-state index >= 15 is 0 Å². The van der Waals surface area contributed by atoms with Gasteiger partial charge >= 0.3 is 6.09 Å². The summed E-state index contributed by atoms with van der Waals surface area (Å²) in [7, 11) is 0. The first-order chi connectivity index (χ1) is 17.6. The van der Waals surface area contributed by atoms with E-state index in [1.54, 1.807) is 0 Å². The number of carbonyl (C=O) groups excluding carboxylic acids is 5. The average Bonchev–Trinajstić information content (AvgIpc) is 3.41. The predicted molar refractivity (Wildman–Crippen MR) is 141 cm³/mol. The molecule has 3 aliphatic rings. The molecule has 11 heteroatoms. The van der Waals surface area contributed by atoms with Crippen LogP contribution < -0.4 is 16.0 Å². The first-order valence-electron chi connectivity index (χ1n) is 13.7.